The van der Waals surface area contributed by atoms with Gasteiger partial charge in [0.15, 0.2) is 0 Å². The molecule has 0 aromatic carbocycles. The van der Waals surface area contributed by atoms with Crippen molar-refractivity contribution in [3.8, 4) is 0 Å². The van der Waals surface area contributed by atoms with Crippen LogP contribution in [0, 0.1) is 5.92 Å². The average Bonchev–Trinajstić information content (AvgIpc) is 2.37. The topological polar surface area (TPSA) is 33.2 Å². The van der Waals surface area contributed by atoms with Gasteiger partial charge in [-0.25, -0.2) is 0 Å². The quantitative estimate of drug-likeness (QED) is 0.822. The molecule has 1 heterocycles. The van der Waals surface area contributed by atoms with Crippen molar-refractivity contribution in [2.24, 2.45) is 5.92 Å². The lowest BCUT2D eigenvalue weighted by molar-refractivity contribution is 0.0623. The first-order valence-corrected chi connectivity index (χ1v) is 6.86. The Hall–Kier alpha value is -1.09. The fourth-order valence-corrected chi connectivity index (χ4v) is 2.88. The van der Waals surface area contributed by atoms with Crippen molar-refractivity contribution in [3.63, 3.8) is 0 Å². The number of aromatic nitrogens is 1. The maximum Gasteiger partial charge on any atom is 0.272 e. The number of rotatable bonds is 2. The van der Waals surface area contributed by atoms with Gasteiger partial charge in [-0.2, -0.15) is 0 Å². The van der Waals surface area contributed by atoms with Gasteiger partial charge >= 0.3 is 0 Å². The molecule has 3 nitrogen and oxygen atoms in total. The standard InChI is InChI=1S/C14H19ClN2O/c1-10-5-3-4-6-13(10)17(2)14(18)12-9-11(15)7-8-16-12/h7-10,13H,3-6H2,1-2H3/t10-,13+/m0/s1. The number of hydrogen-bond donors (Lipinski definition) is 0. The first-order chi connectivity index (χ1) is 8.59. The van der Waals surface area contributed by atoms with Crippen molar-refractivity contribution in [2.75, 3.05) is 7.05 Å². The molecule has 0 aliphatic heterocycles. The summed E-state index contributed by atoms with van der Waals surface area (Å²) >= 11 is 5.90. The molecule has 0 saturated heterocycles. The molecule has 0 unspecified atom stereocenters. The first kappa shape index (κ1) is 13.3. The normalized spacial score (nSPS) is 23.7. The summed E-state index contributed by atoms with van der Waals surface area (Å²) in [6.45, 7) is 2.22. The molecular weight excluding hydrogens is 248 g/mol. The SMILES string of the molecule is C[C@H]1CCCC[C@H]1N(C)C(=O)c1cc(Cl)ccn1. The molecule has 98 valence electrons. The highest BCUT2D eigenvalue weighted by Crippen LogP contribution is 2.28. The van der Waals surface area contributed by atoms with E-state index in [1.54, 1.807) is 18.3 Å². The largest absolute Gasteiger partial charge is 0.337 e. The van der Waals surface area contributed by atoms with Gasteiger partial charge in [0.1, 0.15) is 5.69 Å². The number of carbonyl (C=O) groups excluding carboxylic acids is 1. The predicted octanol–water partition coefficient (Wildman–Crippen LogP) is 3.39. The Bertz CT molecular complexity index is 436. The summed E-state index contributed by atoms with van der Waals surface area (Å²) in [7, 11) is 1.87. The molecule has 4 heteroatoms. The van der Waals surface area contributed by atoms with Crippen LogP contribution >= 0.6 is 11.6 Å². The number of pyridine rings is 1. The minimum atomic E-state index is -0.0312. The molecule has 18 heavy (non-hydrogen) atoms. The number of hydrogen-bond acceptors (Lipinski definition) is 2. The van der Waals surface area contributed by atoms with E-state index in [-0.39, 0.29) is 5.91 Å². The third-order valence-corrected chi connectivity index (χ3v) is 4.06. The number of amides is 1. The van der Waals surface area contributed by atoms with E-state index >= 15 is 0 Å². The second-order valence-electron chi connectivity index (χ2n) is 5.10. The molecule has 1 aliphatic carbocycles. The summed E-state index contributed by atoms with van der Waals surface area (Å²) in [5, 5.41) is 0.554. The predicted molar refractivity (Wildman–Crippen MR) is 72.8 cm³/mol. The van der Waals surface area contributed by atoms with Crippen molar-refractivity contribution in [1.29, 1.82) is 0 Å². The van der Waals surface area contributed by atoms with E-state index in [1.807, 2.05) is 11.9 Å². The molecule has 1 aromatic heterocycles. The van der Waals surface area contributed by atoms with Gasteiger partial charge in [0.2, 0.25) is 0 Å². The molecule has 1 amide bonds. The van der Waals surface area contributed by atoms with Crippen LogP contribution < -0.4 is 0 Å². The third-order valence-electron chi connectivity index (χ3n) is 3.83. The summed E-state index contributed by atoms with van der Waals surface area (Å²) in [6.07, 6.45) is 6.34. The van der Waals surface area contributed by atoms with Gasteiger partial charge in [-0.3, -0.25) is 9.78 Å². The van der Waals surface area contributed by atoms with E-state index in [0.717, 1.165) is 6.42 Å². The fraction of sp³-hybridized carbons (Fsp3) is 0.571. The lowest BCUT2D eigenvalue weighted by Gasteiger charge is -2.36. The zero-order valence-electron chi connectivity index (χ0n) is 10.9. The Morgan fingerprint density at radius 2 is 2.17 bits per heavy atom. The third kappa shape index (κ3) is 2.83. The van der Waals surface area contributed by atoms with Crippen LogP contribution in [0.5, 0.6) is 0 Å². The van der Waals surface area contributed by atoms with Gasteiger partial charge < -0.3 is 4.90 Å². The van der Waals surface area contributed by atoms with E-state index < -0.39 is 0 Å². The van der Waals surface area contributed by atoms with Crippen molar-refractivity contribution < 1.29 is 4.79 Å². The summed E-state index contributed by atoms with van der Waals surface area (Å²) in [5.41, 5.74) is 0.433. The van der Waals surface area contributed by atoms with Gasteiger partial charge in [0, 0.05) is 24.3 Å². The molecule has 1 aromatic rings. The smallest absolute Gasteiger partial charge is 0.272 e. The molecular formula is C14H19ClN2O. The summed E-state index contributed by atoms with van der Waals surface area (Å²) in [4.78, 5) is 18.3. The van der Waals surface area contributed by atoms with Gasteiger partial charge in [0.05, 0.1) is 0 Å². The number of halogens is 1. The molecule has 1 fully saturated rings. The highest BCUT2D eigenvalue weighted by atomic mass is 35.5. The molecule has 2 rings (SSSR count). The Morgan fingerprint density at radius 3 is 2.83 bits per heavy atom. The molecule has 0 N–H and O–H groups in total. The van der Waals surface area contributed by atoms with E-state index in [4.69, 9.17) is 11.6 Å². The van der Waals surface area contributed by atoms with E-state index in [2.05, 4.69) is 11.9 Å². The zero-order valence-corrected chi connectivity index (χ0v) is 11.7. The minimum Gasteiger partial charge on any atom is -0.337 e. The Balaban J connectivity index is 2.13. The summed E-state index contributed by atoms with van der Waals surface area (Å²) in [5.74, 6) is 0.531. The lowest BCUT2D eigenvalue weighted by Crippen LogP contribution is -2.42. The fourth-order valence-electron chi connectivity index (χ4n) is 2.73. The monoisotopic (exact) mass is 266 g/mol. The van der Waals surface area contributed by atoms with Gasteiger partial charge in [-0.05, 0) is 30.9 Å². The van der Waals surface area contributed by atoms with Crippen molar-refractivity contribution in [3.05, 3.63) is 29.0 Å². The second-order valence-corrected chi connectivity index (χ2v) is 5.54. The highest BCUT2D eigenvalue weighted by molar-refractivity contribution is 6.30. The Kier molecular flexibility index (Phi) is 4.23. The molecule has 0 bridgehead atoms. The number of nitrogens with zero attached hydrogens (tertiary/aromatic N) is 2. The zero-order chi connectivity index (χ0) is 13.1. The Morgan fingerprint density at radius 1 is 1.44 bits per heavy atom. The Labute approximate surface area is 113 Å². The summed E-state index contributed by atoms with van der Waals surface area (Å²) in [6, 6.07) is 3.64. The first-order valence-electron chi connectivity index (χ1n) is 6.48. The molecule has 1 aliphatic rings. The van der Waals surface area contributed by atoms with Crippen LogP contribution in [0.1, 0.15) is 43.1 Å². The average molecular weight is 267 g/mol. The van der Waals surface area contributed by atoms with E-state index in [0.29, 0.717) is 22.7 Å². The second kappa shape index (κ2) is 5.70. The van der Waals surface area contributed by atoms with Crippen LogP contribution in [-0.4, -0.2) is 28.9 Å². The van der Waals surface area contributed by atoms with Gasteiger partial charge in [-0.1, -0.05) is 31.4 Å². The van der Waals surface area contributed by atoms with E-state index in [1.165, 1.54) is 19.3 Å². The summed E-state index contributed by atoms with van der Waals surface area (Å²) < 4.78 is 0. The van der Waals surface area contributed by atoms with Gasteiger partial charge in [0.25, 0.3) is 5.91 Å². The van der Waals surface area contributed by atoms with E-state index in [9.17, 15) is 4.79 Å². The molecule has 2 atom stereocenters. The number of carbonyl (C=O) groups is 1. The van der Waals surface area contributed by atoms with Crippen LogP contribution in [-0.2, 0) is 0 Å². The van der Waals surface area contributed by atoms with Crippen LogP contribution in [0.25, 0.3) is 0 Å². The van der Waals surface area contributed by atoms with Crippen molar-refractivity contribution in [2.45, 2.75) is 38.6 Å². The minimum absolute atomic E-state index is 0.0312. The maximum absolute atomic E-state index is 12.3. The lowest BCUT2D eigenvalue weighted by atomic mass is 9.85. The molecule has 1 saturated carbocycles. The van der Waals surface area contributed by atoms with Crippen LogP contribution in [0.4, 0.5) is 0 Å². The van der Waals surface area contributed by atoms with Gasteiger partial charge in [-0.15, -0.1) is 0 Å². The van der Waals surface area contributed by atoms with Crippen LogP contribution in [0.2, 0.25) is 5.02 Å². The van der Waals surface area contributed by atoms with Crippen LogP contribution in [0.3, 0.4) is 0 Å². The van der Waals surface area contributed by atoms with Crippen LogP contribution in [0.15, 0.2) is 18.3 Å². The highest BCUT2D eigenvalue weighted by Gasteiger charge is 2.28. The van der Waals surface area contributed by atoms with Crippen molar-refractivity contribution in [1.82, 2.24) is 9.88 Å². The maximum atomic E-state index is 12.3. The van der Waals surface area contributed by atoms with Crippen molar-refractivity contribution >= 4 is 17.5 Å². The molecule has 0 radical (unpaired) electrons. The molecule has 0 spiro atoms.